The normalized spacial score (nSPS) is 30.3. The lowest BCUT2D eigenvalue weighted by atomic mass is 9.65. The van der Waals surface area contributed by atoms with E-state index in [0.29, 0.717) is 17.7 Å². The average molecular weight is 517 g/mol. The number of carbonyl (C=O) groups is 1. The second kappa shape index (κ2) is 16.5. The predicted octanol–water partition coefficient (Wildman–Crippen LogP) is 9.58. The third kappa shape index (κ3) is 9.54. The molecule has 3 fully saturated rings. The molecule has 1 amide bonds. The Morgan fingerprint density at radius 3 is 1.46 bits per heavy atom. The fourth-order valence-electron chi connectivity index (χ4n) is 7.96. The number of hydrogen-bond donors (Lipinski definition) is 1. The molecule has 4 unspecified atom stereocenters. The van der Waals surface area contributed by atoms with Gasteiger partial charge in [-0.2, -0.15) is 0 Å². The highest BCUT2D eigenvalue weighted by Crippen LogP contribution is 2.44. The summed E-state index contributed by atoms with van der Waals surface area (Å²) in [6.45, 7) is 9.12. The van der Waals surface area contributed by atoms with Crippen LogP contribution in [0.4, 0.5) is 0 Å². The van der Waals surface area contributed by atoms with Crippen molar-refractivity contribution in [2.75, 3.05) is 13.1 Å². The van der Waals surface area contributed by atoms with Crippen LogP contribution in [-0.4, -0.2) is 35.0 Å². The van der Waals surface area contributed by atoms with Crippen molar-refractivity contribution in [1.82, 2.24) is 10.2 Å². The molecule has 3 aliphatic rings. The van der Waals surface area contributed by atoms with E-state index in [1.54, 1.807) is 0 Å². The van der Waals surface area contributed by atoms with Crippen LogP contribution in [0, 0.1) is 11.8 Å². The molecule has 2 saturated carbocycles. The molecule has 2 spiro atoms. The maximum Gasteiger partial charge on any atom is 0.222 e. The van der Waals surface area contributed by atoms with Crippen LogP contribution >= 0.6 is 0 Å². The molecule has 216 valence electrons. The summed E-state index contributed by atoms with van der Waals surface area (Å²) in [6, 6.07) is 0. The summed E-state index contributed by atoms with van der Waals surface area (Å²) in [7, 11) is 0. The van der Waals surface area contributed by atoms with Gasteiger partial charge in [0.15, 0.2) is 0 Å². The quantitative estimate of drug-likeness (QED) is 0.207. The van der Waals surface area contributed by atoms with Gasteiger partial charge in [-0.15, -0.1) is 0 Å². The zero-order chi connectivity index (χ0) is 26.4. The predicted molar refractivity (Wildman–Crippen MR) is 160 cm³/mol. The maximum absolute atomic E-state index is 13.5. The van der Waals surface area contributed by atoms with Crippen LogP contribution in [0.2, 0.25) is 0 Å². The smallest absolute Gasteiger partial charge is 0.222 e. The molecule has 0 aromatic rings. The molecule has 1 saturated heterocycles. The van der Waals surface area contributed by atoms with E-state index in [9.17, 15) is 4.79 Å². The second-order valence-electron chi connectivity index (χ2n) is 13.7. The van der Waals surface area contributed by atoms with Crippen molar-refractivity contribution in [3.05, 3.63) is 0 Å². The Balaban J connectivity index is 1.30. The van der Waals surface area contributed by atoms with Gasteiger partial charge in [-0.05, 0) is 43.9 Å². The molecule has 4 atom stereocenters. The molecule has 0 aromatic carbocycles. The van der Waals surface area contributed by atoms with E-state index in [4.69, 9.17) is 0 Å². The summed E-state index contributed by atoms with van der Waals surface area (Å²) in [6.07, 6.45) is 32.0. The molecular weight excluding hydrogens is 452 g/mol. The molecule has 3 heteroatoms. The summed E-state index contributed by atoms with van der Waals surface area (Å²) in [4.78, 5) is 15.8. The molecule has 0 bridgehead atoms. The fourth-order valence-corrected chi connectivity index (χ4v) is 7.96. The van der Waals surface area contributed by atoms with Crippen LogP contribution in [0.5, 0.6) is 0 Å². The highest BCUT2D eigenvalue weighted by atomic mass is 16.2. The molecule has 1 aliphatic heterocycles. The van der Waals surface area contributed by atoms with Crippen molar-refractivity contribution in [3.63, 3.8) is 0 Å². The van der Waals surface area contributed by atoms with Crippen molar-refractivity contribution in [2.24, 2.45) is 11.8 Å². The van der Waals surface area contributed by atoms with E-state index < -0.39 is 0 Å². The minimum Gasteiger partial charge on any atom is -0.339 e. The summed E-state index contributed by atoms with van der Waals surface area (Å²) >= 11 is 0. The second-order valence-corrected chi connectivity index (χ2v) is 13.7. The minimum atomic E-state index is 0.160. The molecule has 3 nitrogen and oxygen atoms in total. The zero-order valence-electron chi connectivity index (χ0n) is 25.4. The number of rotatable bonds is 16. The first-order valence-corrected chi connectivity index (χ1v) is 17.1. The van der Waals surface area contributed by atoms with Crippen molar-refractivity contribution in [3.8, 4) is 0 Å². The van der Waals surface area contributed by atoms with Crippen molar-refractivity contribution in [2.45, 2.75) is 186 Å². The van der Waals surface area contributed by atoms with Crippen LogP contribution in [-0.2, 0) is 4.79 Å². The van der Waals surface area contributed by atoms with Crippen molar-refractivity contribution >= 4 is 5.91 Å². The fraction of sp³-hybridized carbons (Fsp3) is 0.971. The molecule has 3 rings (SSSR count). The first kappa shape index (κ1) is 31.0. The van der Waals surface area contributed by atoms with Crippen LogP contribution in [0.25, 0.3) is 0 Å². The Morgan fingerprint density at radius 1 is 0.649 bits per heavy atom. The van der Waals surface area contributed by atoms with E-state index in [1.165, 1.54) is 141 Å². The summed E-state index contributed by atoms with van der Waals surface area (Å²) in [5.41, 5.74) is 0.319. The van der Waals surface area contributed by atoms with Gasteiger partial charge in [0, 0.05) is 30.6 Å². The molecule has 0 radical (unpaired) electrons. The third-order valence-corrected chi connectivity index (χ3v) is 10.7. The van der Waals surface area contributed by atoms with Gasteiger partial charge in [0.1, 0.15) is 0 Å². The SMILES string of the molecule is CCCCCCCCCCCCCCCCCC(=O)N1CC2(CCCCC2C)NC2(CCCCC2C)C1. The largest absolute Gasteiger partial charge is 0.339 e. The summed E-state index contributed by atoms with van der Waals surface area (Å²) in [5.74, 6) is 1.80. The van der Waals surface area contributed by atoms with Crippen molar-refractivity contribution in [1.29, 1.82) is 0 Å². The van der Waals surface area contributed by atoms with Gasteiger partial charge in [-0.3, -0.25) is 4.79 Å². The maximum atomic E-state index is 13.5. The standard InChI is InChI=1S/C34H64N2O/c1-4-5-6-7-8-9-10-11-12-13-14-15-16-17-18-25-32(37)36-28-33(26-21-19-23-30(33)2)35-34(29-36)27-22-20-24-31(34)3/h30-31,35H,4-29H2,1-3H3. The molecule has 2 aliphatic carbocycles. The monoisotopic (exact) mass is 517 g/mol. The molecule has 37 heavy (non-hydrogen) atoms. The number of nitrogens with one attached hydrogen (secondary N) is 1. The minimum absolute atomic E-state index is 0.160. The van der Waals surface area contributed by atoms with E-state index in [2.05, 4.69) is 31.0 Å². The Bertz CT molecular complexity index is 605. The third-order valence-electron chi connectivity index (χ3n) is 10.7. The van der Waals surface area contributed by atoms with Crippen LogP contribution in [0.15, 0.2) is 0 Å². The molecule has 1 N–H and O–H groups in total. The van der Waals surface area contributed by atoms with E-state index >= 15 is 0 Å². The van der Waals surface area contributed by atoms with Gasteiger partial charge in [-0.1, -0.05) is 136 Å². The van der Waals surface area contributed by atoms with Gasteiger partial charge in [0.25, 0.3) is 0 Å². The molecule has 0 aromatic heterocycles. The number of hydrogen-bond acceptors (Lipinski definition) is 2. The Labute approximate surface area is 231 Å². The average Bonchev–Trinajstić information content (AvgIpc) is 2.90. The number of piperazine rings is 1. The van der Waals surface area contributed by atoms with Gasteiger partial charge in [0.2, 0.25) is 5.91 Å². The van der Waals surface area contributed by atoms with Gasteiger partial charge >= 0.3 is 0 Å². The van der Waals surface area contributed by atoms with Gasteiger partial charge in [0.05, 0.1) is 0 Å². The number of unbranched alkanes of at least 4 members (excludes halogenated alkanes) is 14. The van der Waals surface area contributed by atoms with E-state index in [-0.39, 0.29) is 11.1 Å². The van der Waals surface area contributed by atoms with Gasteiger partial charge in [-0.25, -0.2) is 0 Å². The van der Waals surface area contributed by atoms with Crippen LogP contribution in [0.1, 0.15) is 175 Å². The number of carbonyl (C=O) groups excluding carboxylic acids is 1. The summed E-state index contributed by atoms with van der Waals surface area (Å²) in [5, 5.41) is 4.30. The first-order valence-electron chi connectivity index (χ1n) is 17.1. The lowest BCUT2D eigenvalue weighted by Crippen LogP contribution is -2.76. The first-order chi connectivity index (χ1) is 18.0. The summed E-state index contributed by atoms with van der Waals surface area (Å²) < 4.78 is 0. The molecule has 1 heterocycles. The Hall–Kier alpha value is -0.570. The topological polar surface area (TPSA) is 32.3 Å². The van der Waals surface area contributed by atoms with Crippen LogP contribution in [0.3, 0.4) is 0 Å². The highest BCUT2D eigenvalue weighted by Gasteiger charge is 2.53. The lowest BCUT2D eigenvalue weighted by Gasteiger charge is -2.60. The number of nitrogens with zero attached hydrogens (tertiary/aromatic N) is 1. The van der Waals surface area contributed by atoms with Gasteiger partial charge < -0.3 is 10.2 Å². The van der Waals surface area contributed by atoms with Crippen LogP contribution < -0.4 is 5.32 Å². The molecular formula is C34H64N2O. The van der Waals surface area contributed by atoms with E-state index in [0.717, 1.165) is 25.9 Å². The van der Waals surface area contributed by atoms with Crippen molar-refractivity contribution < 1.29 is 4.79 Å². The lowest BCUT2D eigenvalue weighted by molar-refractivity contribution is -0.140. The highest BCUT2D eigenvalue weighted by molar-refractivity contribution is 5.76. The zero-order valence-corrected chi connectivity index (χ0v) is 25.4. The Kier molecular flexibility index (Phi) is 13.8. The Morgan fingerprint density at radius 2 is 1.05 bits per heavy atom. The van der Waals surface area contributed by atoms with E-state index in [1.807, 2.05) is 0 Å². The number of amides is 1.